The van der Waals surface area contributed by atoms with Crippen LogP contribution in [-0.4, -0.2) is 18.0 Å². The summed E-state index contributed by atoms with van der Waals surface area (Å²) < 4.78 is 10.8. The van der Waals surface area contributed by atoms with Gasteiger partial charge in [-0.1, -0.05) is 30.3 Å². The van der Waals surface area contributed by atoms with Crippen molar-refractivity contribution in [3.8, 4) is 11.5 Å². The molecule has 5 nitrogen and oxygen atoms in total. The summed E-state index contributed by atoms with van der Waals surface area (Å²) >= 11 is 0. The molecule has 0 fully saturated rings. The number of primary amides is 1. The Hall–Kier alpha value is -2.56. The van der Waals surface area contributed by atoms with Crippen LogP contribution in [0.15, 0.2) is 42.6 Å². The van der Waals surface area contributed by atoms with Crippen molar-refractivity contribution in [2.45, 2.75) is 6.61 Å². The lowest BCUT2D eigenvalue weighted by atomic mass is 10.2. The molecule has 2 aromatic rings. The zero-order valence-corrected chi connectivity index (χ0v) is 10.5. The maximum atomic E-state index is 11.3. The molecule has 0 atom stereocenters. The van der Waals surface area contributed by atoms with Crippen molar-refractivity contribution in [3.05, 3.63) is 53.9 Å². The molecule has 0 unspecified atom stereocenters. The molecule has 1 heterocycles. The van der Waals surface area contributed by atoms with E-state index < -0.39 is 5.91 Å². The highest BCUT2D eigenvalue weighted by molar-refractivity contribution is 5.94. The lowest BCUT2D eigenvalue weighted by Crippen LogP contribution is -2.15. The molecule has 0 saturated carbocycles. The summed E-state index contributed by atoms with van der Waals surface area (Å²) in [4.78, 5) is 15.2. The number of rotatable bonds is 5. The van der Waals surface area contributed by atoms with E-state index in [-0.39, 0.29) is 11.4 Å². The second-order valence-corrected chi connectivity index (χ2v) is 3.83. The van der Waals surface area contributed by atoms with Crippen LogP contribution in [0.1, 0.15) is 16.1 Å². The number of hydrogen-bond acceptors (Lipinski definition) is 4. The van der Waals surface area contributed by atoms with Crippen molar-refractivity contribution >= 4 is 5.91 Å². The second kappa shape index (κ2) is 5.86. The van der Waals surface area contributed by atoms with Gasteiger partial charge in [0.25, 0.3) is 5.91 Å². The topological polar surface area (TPSA) is 74.4 Å². The molecular formula is C14H14N2O3. The second-order valence-electron chi connectivity index (χ2n) is 3.83. The van der Waals surface area contributed by atoms with Crippen LogP contribution in [0, 0.1) is 0 Å². The van der Waals surface area contributed by atoms with E-state index in [1.807, 2.05) is 30.3 Å². The number of benzene rings is 1. The Morgan fingerprint density at radius 2 is 2.00 bits per heavy atom. The molecule has 1 aromatic carbocycles. The first kappa shape index (κ1) is 12.9. The van der Waals surface area contributed by atoms with Crippen molar-refractivity contribution in [1.82, 2.24) is 4.98 Å². The summed E-state index contributed by atoms with van der Waals surface area (Å²) in [6.45, 7) is 0.309. The molecule has 0 aliphatic rings. The van der Waals surface area contributed by atoms with Gasteiger partial charge in [-0.25, -0.2) is 4.98 Å². The van der Waals surface area contributed by atoms with Crippen LogP contribution in [0.25, 0.3) is 0 Å². The first-order valence-electron chi connectivity index (χ1n) is 5.72. The van der Waals surface area contributed by atoms with Crippen molar-refractivity contribution in [1.29, 1.82) is 0 Å². The van der Waals surface area contributed by atoms with Crippen molar-refractivity contribution in [2.24, 2.45) is 5.73 Å². The predicted molar refractivity (Wildman–Crippen MR) is 70.1 cm³/mol. The van der Waals surface area contributed by atoms with Crippen LogP contribution in [0.4, 0.5) is 0 Å². The van der Waals surface area contributed by atoms with Gasteiger partial charge < -0.3 is 15.2 Å². The molecule has 0 aliphatic carbocycles. The number of aromatic nitrogens is 1. The molecule has 0 spiro atoms. The summed E-state index contributed by atoms with van der Waals surface area (Å²) in [5.41, 5.74) is 6.31. The van der Waals surface area contributed by atoms with Gasteiger partial charge in [-0.2, -0.15) is 0 Å². The molecule has 5 heteroatoms. The highest BCUT2D eigenvalue weighted by Crippen LogP contribution is 2.29. The average molecular weight is 258 g/mol. The molecule has 19 heavy (non-hydrogen) atoms. The average Bonchev–Trinajstić information content (AvgIpc) is 2.45. The van der Waals surface area contributed by atoms with E-state index in [2.05, 4.69) is 4.98 Å². The van der Waals surface area contributed by atoms with Gasteiger partial charge in [-0.05, 0) is 5.56 Å². The third-order valence-electron chi connectivity index (χ3n) is 2.55. The Bertz CT molecular complexity index is 570. The number of ether oxygens (including phenoxy) is 2. The first-order chi connectivity index (χ1) is 9.22. The zero-order valence-electron chi connectivity index (χ0n) is 10.5. The lowest BCUT2D eigenvalue weighted by Gasteiger charge is -2.12. The molecule has 0 radical (unpaired) electrons. The third kappa shape index (κ3) is 3.01. The van der Waals surface area contributed by atoms with E-state index in [1.54, 1.807) is 6.07 Å². The highest BCUT2D eigenvalue weighted by Gasteiger charge is 2.16. The Morgan fingerprint density at radius 1 is 1.26 bits per heavy atom. The fourth-order valence-corrected chi connectivity index (χ4v) is 1.64. The lowest BCUT2D eigenvalue weighted by molar-refractivity contribution is 0.0989. The van der Waals surface area contributed by atoms with E-state index in [0.29, 0.717) is 12.4 Å². The summed E-state index contributed by atoms with van der Waals surface area (Å²) in [6, 6.07) is 11.2. The third-order valence-corrected chi connectivity index (χ3v) is 2.55. The number of hydrogen-bond donors (Lipinski definition) is 1. The van der Waals surface area contributed by atoms with Crippen LogP contribution in [0.3, 0.4) is 0 Å². The van der Waals surface area contributed by atoms with E-state index in [1.165, 1.54) is 13.3 Å². The zero-order chi connectivity index (χ0) is 13.7. The fourth-order valence-electron chi connectivity index (χ4n) is 1.64. The first-order valence-corrected chi connectivity index (χ1v) is 5.72. The standard InChI is InChI=1S/C14H14N2O3/c1-18-11-7-8-16-12(14(15)17)13(11)19-9-10-5-3-2-4-6-10/h2-8H,9H2,1H3,(H2,15,17). The number of carbonyl (C=O) groups is 1. The predicted octanol–water partition coefficient (Wildman–Crippen LogP) is 1.77. The molecule has 0 aliphatic heterocycles. The van der Waals surface area contributed by atoms with Gasteiger partial charge in [0.05, 0.1) is 7.11 Å². The minimum absolute atomic E-state index is 0.0651. The van der Waals surface area contributed by atoms with Gasteiger partial charge in [-0.15, -0.1) is 0 Å². The monoisotopic (exact) mass is 258 g/mol. The van der Waals surface area contributed by atoms with E-state index in [9.17, 15) is 4.79 Å². The van der Waals surface area contributed by atoms with Crippen molar-refractivity contribution in [3.63, 3.8) is 0 Å². The Morgan fingerprint density at radius 3 is 2.63 bits per heavy atom. The van der Waals surface area contributed by atoms with Gasteiger partial charge in [0.2, 0.25) is 0 Å². The molecule has 0 saturated heterocycles. The van der Waals surface area contributed by atoms with Gasteiger partial charge in [0, 0.05) is 12.3 Å². The highest BCUT2D eigenvalue weighted by atomic mass is 16.5. The van der Waals surface area contributed by atoms with Crippen LogP contribution in [0.5, 0.6) is 11.5 Å². The Kier molecular flexibility index (Phi) is 3.97. The number of nitrogens with zero attached hydrogens (tertiary/aromatic N) is 1. The van der Waals surface area contributed by atoms with Gasteiger partial charge in [-0.3, -0.25) is 4.79 Å². The molecule has 1 amide bonds. The molecule has 1 aromatic heterocycles. The van der Waals surface area contributed by atoms with Gasteiger partial charge >= 0.3 is 0 Å². The summed E-state index contributed by atoms with van der Waals surface area (Å²) in [7, 11) is 1.50. The maximum Gasteiger partial charge on any atom is 0.271 e. The number of pyridine rings is 1. The quantitative estimate of drug-likeness (QED) is 0.886. The maximum absolute atomic E-state index is 11.3. The minimum atomic E-state index is -0.651. The minimum Gasteiger partial charge on any atom is -0.493 e. The SMILES string of the molecule is COc1ccnc(C(N)=O)c1OCc1ccccc1. The largest absolute Gasteiger partial charge is 0.493 e. The number of carbonyl (C=O) groups excluding carboxylic acids is 1. The van der Waals surface area contributed by atoms with E-state index in [4.69, 9.17) is 15.2 Å². The molecule has 2 rings (SSSR count). The normalized spacial score (nSPS) is 9.95. The number of methoxy groups -OCH3 is 1. The van der Waals surface area contributed by atoms with Gasteiger partial charge in [0.1, 0.15) is 6.61 Å². The number of nitrogens with two attached hydrogens (primary N) is 1. The smallest absolute Gasteiger partial charge is 0.271 e. The molecule has 98 valence electrons. The van der Waals surface area contributed by atoms with Crippen LogP contribution in [0.2, 0.25) is 0 Å². The molecular weight excluding hydrogens is 244 g/mol. The van der Waals surface area contributed by atoms with Crippen LogP contribution >= 0.6 is 0 Å². The van der Waals surface area contributed by atoms with Crippen molar-refractivity contribution < 1.29 is 14.3 Å². The molecule has 0 bridgehead atoms. The summed E-state index contributed by atoms with van der Waals surface area (Å²) in [5.74, 6) is 0.0445. The Balaban J connectivity index is 2.25. The van der Waals surface area contributed by atoms with Gasteiger partial charge in [0.15, 0.2) is 17.2 Å². The molecule has 2 N–H and O–H groups in total. The van der Waals surface area contributed by atoms with Crippen molar-refractivity contribution in [2.75, 3.05) is 7.11 Å². The fraction of sp³-hybridized carbons (Fsp3) is 0.143. The Labute approximate surface area is 111 Å². The number of amides is 1. The van der Waals surface area contributed by atoms with E-state index in [0.717, 1.165) is 5.56 Å². The summed E-state index contributed by atoms with van der Waals surface area (Å²) in [5, 5.41) is 0. The van der Waals surface area contributed by atoms with Crippen LogP contribution in [-0.2, 0) is 6.61 Å². The van der Waals surface area contributed by atoms with Crippen LogP contribution < -0.4 is 15.2 Å². The van der Waals surface area contributed by atoms with E-state index >= 15 is 0 Å². The summed E-state index contributed by atoms with van der Waals surface area (Å²) in [6.07, 6.45) is 1.45.